The Morgan fingerprint density at radius 1 is 1.50 bits per heavy atom. The van der Waals surface area contributed by atoms with Crippen molar-refractivity contribution in [2.75, 3.05) is 7.05 Å². The SMILES string of the molecule is CC1NC(=O)N(C)C1C1CCCC1C(=O)O. The second-order valence-corrected chi connectivity index (χ2v) is 4.88. The molecule has 1 aliphatic heterocycles. The van der Waals surface area contributed by atoms with Gasteiger partial charge in [-0.2, -0.15) is 0 Å². The third-order valence-electron chi connectivity index (χ3n) is 3.96. The molecule has 1 heterocycles. The summed E-state index contributed by atoms with van der Waals surface area (Å²) in [5, 5.41) is 12.0. The lowest BCUT2D eigenvalue weighted by Crippen LogP contribution is -2.42. The van der Waals surface area contributed by atoms with Crippen LogP contribution in [-0.4, -0.2) is 41.1 Å². The number of hydrogen-bond donors (Lipinski definition) is 2. The summed E-state index contributed by atoms with van der Waals surface area (Å²) in [6, 6.07) is -0.0212. The molecular formula is C11H18N2O3. The molecule has 0 radical (unpaired) electrons. The Kier molecular flexibility index (Phi) is 2.78. The third kappa shape index (κ3) is 1.64. The molecule has 0 aromatic rings. The molecule has 1 saturated heterocycles. The van der Waals surface area contributed by atoms with Crippen molar-refractivity contribution in [3.63, 3.8) is 0 Å². The van der Waals surface area contributed by atoms with Crippen LogP contribution in [0.5, 0.6) is 0 Å². The van der Waals surface area contributed by atoms with Crippen molar-refractivity contribution < 1.29 is 14.7 Å². The number of hydrogen-bond acceptors (Lipinski definition) is 2. The van der Waals surface area contributed by atoms with Crippen molar-refractivity contribution in [3.8, 4) is 0 Å². The number of likely N-dealkylation sites (N-methyl/N-ethyl adjacent to an activating group) is 1. The van der Waals surface area contributed by atoms with Crippen LogP contribution in [0.4, 0.5) is 4.79 Å². The predicted octanol–water partition coefficient (Wildman–Crippen LogP) is 0.899. The number of urea groups is 1. The third-order valence-corrected chi connectivity index (χ3v) is 3.96. The smallest absolute Gasteiger partial charge is 0.317 e. The molecule has 5 heteroatoms. The van der Waals surface area contributed by atoms with Crippen LogP contribution in [0, 0.1) is 11.8 Å². The number of rotatable bonds is 2. The fraction of sp³-hybridized carbons (Fsp3) is 0.818. The molecule has 5 nitrogen and oxygen atoms in total. The number of nitrogens with zero attached hydrogens (tertiary/aromatic N) is 1. The Labute approximate surface area is 94.8 Å². The van der Waals surface area contributed by atoms with Crippen LogP contribution in [0.3, 0.4) is 0 Å². The average molecular weight is 226 g/mol. The lowest BCUT2D eigenvalue weighted by atomic mass is 9.85. The summed E-state index contributed by atoms with van der Waals surface area (Å²) in [7, 11) is 1.75. The van der Waals surface area contributed by atoms with Gasteiger partial charge >= 0.3 is 12.0 Å². The molecule has 0 aromatic heterocycles. The number of carbonyl (C=O) groups is 2. The van der Waals surface area contributed by atoms with Gasteiger partial charge in [0.15, 0.2) is 0 Å². The van der Waals surface area contributed by atoms with Crippen molar-refractivity contribution >= 4 is 12.0 Å². The topological polar surface area (TPSA) is 69.6 Å². The quantitative estimate of drug-likeness (QED) is 0.735. The van der Waals surface area contributed by atoms with E-state index in [0.29, 0.717) is 0 Å². The van der Waals surface area contributed by atoms with Gasteiger partial charge in [-0.3, -0.25) is 4.79 Å². The van der Waals surface area contributed by atoms with Gasteiger partial charge in [0.1, 0.15) is 0 Å². The molecule has 0 bridgehead atoms. The Morgan fingerprint density at radius 2 is 2.19 bits per heavy atom. The second-order valence-electron chi connectivity index (χ2n) is 4.88. The van der Waals surface area contributed by atoms with E-state index in [2.05, 4.69) is 5.32 Å². The van der Waals surface area contributed by atoms with Crippen LogP contribution in [0.2, 0.25) is 0 Å². The molecule has 2 rings (SSSR count). The molecule has 2 N–H and O–H groups in total. The summed E-state index contributed by atoms with van der Waals surface area (Å²) < 4.78 is 0. The number of carbonyl (C=O) groups excluding carboxylic acids is 1. The normalized spacial score (nSPS) is 38.9. The van der Waals surface area contributed by atoms with Gasteiger partial charge in [-0.15, -0.1) is 0 Å². The van der Waals surface area contributed by atoms with Gasteiger partial charge in [0.05, 0.1) is 12.0 Å². The molecule has 90 valence electrons. The minimum atomic E-state index is -0.720. The van der Waals surface area contributed by atoms with Crippen molar-refractivity contribution in [1.29, 1.82) is 0 Å². The highest BCUT2D eigenvalue weighted by atomic mass is 16.4. The summed E-state index contributed by atoms with van der Waals surface area (Å²) >= 11 is 0. The zero-order valence-corrected chi connectivity index (χ0v) is 9.64. The van der Waals surface area contributed by atoms with Crippen molar-refractivity contribution in [3.05, 3.63) is 0 Å². The highest BCUT2D eigenvalue weighted by molar-refractivity contribution is 5.78. The van der Waals surface area contributed by atoms with Crippen LogP contribution in [0.1, 0.15) is 26.2 Å². The minimum absolute atomic E-state index is 0.0242. The molecule has 2 amide bonds. The Morgan fingerprint density at radius 3 is 2.69 bits per heavy atom. The van der Waals surface area contributed by atoms with Crippen LogP contribution in [0.15, 0.2) is 0 Å². The first-order chi connectivity index (χ1) is 7.52. The fourth-order valence-corrected chi connectivity index (χ4v) is 3.21. The zero-order chi connectivity index (χ0) is 11.9. The number of amides is 2. The first-order valence-corrected chi connectivity index (χ1v) is 5.78. The summed E-state index contributed by atoms with van der Waals surface area (Å²) in [6.07, 6.45) is 2.60. The molecule has 0 aromatic carbocycles. The lowest BCUT2D eigenvalue weighted by Gasteiger charge is -2.30. The summed E-state index contributed by atoms with van der Waals surface area (Å²) in [4.78, 5) is 24.3. The van der Waals surface area contributed by atoms with Crippen molar-refractivity contribution in [2.24, 2.45) is 11.8 Å². The summed E-state index contributed by atoms with van der Waals surface area (Å²) in [5.41, 5.74) is 0. The molecule has 0 spiro atoms. The van der Waals surface area contributed by atoms with Gasteiger partial charge in [-0.25, -0.2) is 4.79 Å². The first kappa shape index (κ1) is 11.2. The van der Waals surface area contributed by atoms with Gasteiger partial charge in [0, 0.05) is 13.1 Å². The maximum Gasteiger partial charge on any atom is 0.317 e. The van der Waals surface area contributed by atoms with E-state index in [0.717, 1.165) is 19.3 Å². The lowest BCUT2D eigenvalue weighted by molar-refractivity contribution is -0.143. The van der Waals surface area contributed by atoms with Gasteiger partial charge in [-0.1, -0.05) is 6.42 Å². The Hall–Kier alpha value is -1.26. The van der Waals surface area contributed by atoms with Crippen molar-refractivity contribution in [2.45, 2.75) is 38.3 Å². The first-order valence-electron chi connectivity index (χ1n) is 5.78. The van der Waals surface area contributed by atoms with Crippen LogP contribution < -0.4 is 5.32 Å². The van der Waals surface area contributed by atoms with Crippen molar-refractivity contribution in [1.82, 2.24) is 10.2 Å². The fourth-order valence-electron chi connectivity index (χ4n) is 3.21. The van der Waals surface area contributed by atoms with Gasteiger partial charge < -0.3 is 15.3 Å². The van der Waals surface area contributed by atoms with E-state index >= 15 is 0 Å². The van der Waals surface area contributed by atoms with E-state index in [1.54, 1.807) is 11.9 Å². The van der Waals surface area contributed by atoms with E-state index in [4.69, 9.17) is 5.11 Å². The number of carboxylic acids is 1. The number of aliphatic carboxylic acids is 1. The van der Waals surface area contributed by atoms with E-state index in [-0.39, 0.29) is 30.0 Å². The van der Waals surface area contributed by atoms with E-state index in [9.17, 15) is 9.59 Å². The predicted molar refractivity (Wildman–Crippen MR) is 58.0 cm³/mol. The molecule has 4 atom stereocenters. The van der Waals surface area contributed by atoms with Crippen LogP contribution in [0.25, 0.3) is 0 Å². The molecule has 2 aliphatic rings. The van der Waals surface area contributed by atoms with E-state index < -0.39 is 5.97 Å². The monoisotopic (exact) mass is 226 g/mol. The average Bonchev–Trinajstić information content (AvgIpc) is 2.73. The summed E-state index contributed by atoms with van der Waals surface area (Å²) in [6.45, 7) is 1.95. The molecule has 2 fully saturated rings. The number of carboxylic acid groups (broad SMARTS) is 1. The van der Waals surface area contributed by atoms with Crippen LogP contribution in [-0.2, 0) is 4.79 Å². The molecule has 1 saturated carbocycles. The summed E-state index contributed by atoms with van der Waals surface area (Å²) in [5.74, 6) is -0.915. The van der Waals surface area contributed by atoms with E-state index in [1.807, 2.05) is 6.92 Å². The molecular weight excluding hydrogens is 208 g/mol. The molecule has 16 heavy (non-hydrogen) atoms. The standard InChI is InChI=1S/C11H18N2O3/c1-6-9(13(2)11(16)12-6)7-4-3-5-8(7)10(14)15/h6-9H,3-5H2,1-2H3,(H,12,16)(H,14,15). The number of nitrogens with one attached hydrogen (secondary N) is 1. The van der Waals surface area contributed by atoms with Crippen LogP contribution >= 0.6 is 0 Å². The maximum absolute atomic E-state index is 11.5. The largest absolute Gasteiger partial charge is 0.481 e. The molecule has 1 aliphatic carbocycles. The maximum atomic E-state index is 11.5. The highest BCUT2D eigenvalue weighted by Crippen LogP contribution is 2.38. The zero-order valence-electron chi connectivity index (χ0n) is 9.64. The van der Waals surface area contributed by atoms with Gasteiger partial charge in [0.25, 0.3) is 0 Å². The Bertz CT molecular complexity index is 318. The minimum Gasteiger partial charge on any atom is -0.481 e. The molecule has 4 unspecified atom stereocenters. The van der Waals surface area contributed by atoms with E-state index in [1.165, 1.54) is 0 Å². The van der Waals surface area contributed by atoms with Gasteiger partial charge in [-0.05, 0) is 25.7 Å². The second kappa shape index (κ2) is 3.96. The van der Waals surface area contributed by atoms with Gasteiger partial charge in [0.2, 0.25) is 0 Å². The Balaban J connectivity index is 2.17. The highest BCUT2D eigenvalue weighted by Gasteiger charge is 2.46.